The van der Waals surface area contributed by atoms with Crippen molar-refractivity contribution in [1.82, 2.24) is 14.5 Å². The standard InChI is InChI=1S/C16H18N4/c1-16(2,11-17)14-13-7-3-4-9-20(13)15(19-14)12-6-5-8-18-10-12/h5-6,8,10H,3-4,7,9H2,1-2H3. The monoisotopic (exact) mass is 266 g/mol. The number of pyridine rings is 1. The molecule has 2 aromatic heterocycles. The van der Waals surface area contributed by atoms with E-state index in [0.717, 1.165) is 30.0 Å². The smallest absolute Gasteiger partial charge is 0.142 e. The molecule has 102 valence electrons. The van der Waals surface area contributed by atoms with Crippen LogP contribution in [0.3, 0.4) is 0 Å². The van der Waals surface area contributed by atoms with Crippen molar-refractivity contribution >= 4 is 0 Å². The summed E-state index contributed by atoms with van der Waals surface area (Å²) in [6.07, 6.45) is 6.96. The van der Waals surface area contributed by atoms with Crippen molar-refractivity contribution in [3.8, 4) is 17.5 Å². The van der Waals surface area contributed by atoms with Crippen molar-refractivity contribution in [2.45, 2.75) is 45.1 Å². The Labute approximate surface area is 119 Å². The van der Waals surface area contributed by atoms with Crippen LogP contribution in [0, 0.1) is 11.3 Å². The van der Waals surface area contributed by atoms with E-state index in [9.17, 15) is 5.26 Å². The molecule has 0 aliphatic carbocycles. The van der Waals surface area contributed by atoms with Gasteiger partial charge in [0.2, 0.25) is 0 Å². The van der Waals surface area contributed by atoms with Crippen LogP contribution in [0.25, 0.3) is 11.4 Å². The van der Waals surface area contributed by atoms with Gasteiger partial charge in [0.1, 0.15) is 5.82 Å². The number of rotatable bonds is 2. The number of imidazole rings is 1. The van der Waals surface area contributed by atoms with Crippen molar-refractivity contribution < 1.29 is 0 Å². The Bertz CT molecular complexity index is 662. The maximum Gasteiger partial charge on any atom is 0.142 e. The number of fused-ring (bicyclic) bond motifs is 1. The van der Waals surface area contributed by atoms with Crippen molar-refractivity contribution in [3.05, 3.63) is 35.9 Å². The van der Waals surface area contributed by atoms with Crippen molar-refractivity contribution in [3.63, 3.8) is 0 Å². The van der Waals surface area contributed by atoms with Gasteiger partial charge < -0.3 is 4.57 Å². The van der Waals surface area contributed by atoms with Crippen molar-refractivity contribution in [2.75, 3.05) is 0 Å². The first-order chi connectivity index (χ1) is 9.63. The van der Waals surface area contributed by atoms with Crippen molar-refractivity contribution in [1.29, 1.82) is 5.26 Å². The highest BCUT2D eigenvalue weighted by molar-refractivity contribution is 5.56. The minimum atomic E-state index is -0.547. The number of hydrogen-bond acceptors (Lipinski definition) is 3. The molecule has 0 N–H and O–H groups in total. The highest BCUT2D eigenvalue weighted by atomic mass is 15.1. The summed E-state index contributed by atoms with van der Waals surface area (Å²) in [7, 11) is 0. The molecule has 1 aliphatic rings. The fraction of sp³-hybridized carbons (Fsp3) is 0.438. The largest absolute Gasteiger partial charge is 0.328 e. The summed E-state index contributed by atoms with van der Waals surface area (Å²) in [6.45, 7) is 4.86. The van der Waals surface area contributed by atoms with E-state index in [-0.39, 0.29) is 0 Å². The Hall–Kier alpha value is -2.15. The molecule has 0 unspecified atom stereocenters. The lowest BCUT2D eigenvalue weighted by Gasteiger charge is -2.20. The predicted molar refractivity (Wildman–Crippen MR) is 77.0 cm³/mol. The van der Waals surface area contributed by atoms with Crippen LogP contribution in [0.15, 0.2) is 24.5 Å². The SMILES string of the molecule is CC(C)(C#N)c1nc(-c2cccnc2)n2c1CCCC2. The van der Waals surface area contributed by atoms with Gasteiger partial charge in [-0.25, -0.2) is 4.98 Å². The molecule has 0 saturated heterocycles. The van der Waals surface area contributed by atoms with Crippen LogP contribution >= 0.6 is 0 Å². The zero-order valence-corrected chi connectivity index (χ0v) is 11.9. The van der Waals surface area contributed by atoms with Gasteiger partial charge in [-0.1, -0.05) is 0 Å². The second kappa shape index (κ2) is 4.75. The number of nitriles is 1. The molecule has 3 heterocycles. The van der Waals surface area contributed by atoms with Gasteiger partial charge in [0.25, 0.3) is 0 Å². The number of hydrogen-bond donors (Lipinski definition) is 0. The Morgan fingerprint density at radius 2 is 2.20 bits per heavy atom. The van der Waals surface area contributed by atoms with Gasteiger partial charge in [-0.05, 0) is 45.2 Å². The molecule has 20 heavy (non-hydrogen) atoms. The van der Waals surface area contributed by atoms with Gasteiger partial charge in [-0.3, -0.25) is 4.98 Å². The van der Waals surface area contributed by atoms with Crippen LogP contribution < -0.4 is 0 Å². The van der Waals surface area contributed by atoms with E-state index in [0.29, 0.717) is 0 Å². The van der Waals surface area contributed by atoms with Crippen molar-refractivity contribution in [2.24, 2.45) is 0 Å². The van der Waals surface area contributed by atoms with E-state index < -0.39 is 5.41 Å². The normalized spacial score (nSPS) is 14.7. The lowest BCUT2D eigenvalue weighted by molar-refractivity contribution is 0.524. The maximum atomic E-state index is 9.42. The highest BCUT2D eigenvalue weighted by Crippen LogP contribution is 2.33. The molecule has 1 aliphatic heterocycles. The minimum Gasteiger partial charge on any atom is -0.328 e. The molecule has 2 aromatic rings. The third-order valence-electron chi connectivity index (χ3n) is 3.91. The average molecular weight is 266 g/mol. The summed E-state index contributed by atoms with van der Waals surface area (Å²) < 4.78 is 2.27. The number of nitrogens with zero attached hydrogens (tertiary/aromatic N) is 4. The second-order valence-electron chi connectivity index (χ2n) is 5.82. The Morgan fingerprint density at radius 1 is 1.35 bits per heavy atom. The summed E-state index contributed by atoms with van der Waals surface area (Å²) in [5.74, 6) is 0.950. The third-order valence-corrected chi connectivity index (χ3v) is 3.91. The van der Waals surface area contributed by atoms with Gasteiger partial charge in [-0.2, -0.15) is 5.26 Å². The van der Waals surface area contributed by atoms with Gasteiger partial charge in [0.05, 0.1) is 17.2 Å². The van der Waals surface area contributed by atoms with E-state index in [2.05, 4.69) is 15.6 Å². The van der Waals surface area contributed by atoms with E-state index >= 15 is 0 Å². The molecule has 0 fully saturated rings. The zero-order chi connectivity index (χ0) is 14.2. The van der Waals surface area contributed by atoms with Crippen LogP contribution in [0.5, 0.6) is 0 Å². The molecule has 4 nitrogen and oxygen atoms in total. The van der Waals surface area contributed by atoms with Crippen LogP contribution in [0.1, 0.15) is 38.1 Å². The van der Waals surface area contributed by atoms with Crippen LogP contribution in [-0.2, 0) is 18.4 Å². The molecular formula is C16H18N4. The van der Waals surface area contributed by atoms with E-state index in [1.807, 2.05) is 32.2 Å². The molecule has 4 heteroatoms. The Kier molecular flexibility index (Phi) is 3.06. The molecule has 0 atom stereocenters. The van der Waals surface area contributed by atoms with Gasteiger partial charge in [0.15, 0.2) is 0 Å². The molecular weight excluding hydrogens is 248 g/mol. The fourth-order valence-corrected chi connectivity index (χ4v) is 2.81. The summed E-state index contributed by atoms with van der Waals surface area (Å²) in [5, 5.41) is 9.42. The molecule has 0 aromatic carbocycles. The first-order valence-corrected chi connectivity index (χ1v) is 7.05. The summed E-state index contributed by atoms with van der Waals surface area (Å²) >= 11 is 0. The van der Waals surface area contributed by atoms with Gasteiger partial charge in [0, 0.05) is 30.2 Å². The molecule has 0 bridgehead atoms. The second-order valence-corrected chi connectivity index (χ2v) is 5.82. The molecule has 0 saturated carbocycles. The lowest BCUT2D eigenvalue weighted by Crippen LogP contribution is -2.19. The van der Waals surface area contributed by atoms with Crippen LogP contribution in [0.4, 0.5) is 0 Å². The molecule has 0 amide bonds. The topological polar surface area (TPSA) is 54.5 Å². The van der Waals surface area contributed by atoms with Gasteiger partial charge in [-0.15, -0.1) is 0 Å². The van der Waals surface area contributed by atoms with Crippen LogP contribution in [0.2, 0.25) is 0 Å². The first-order valence-electron chi connectivity index (χ1n) is 7.05. The third kappa shape index (κ3) is 2.00. The molecule has 3 rings (SSSR count). The first kappa shape index (κ1) is 12.9. The fourth-order valence-electron chi connectivity index (χ4n) is 2.81. The van der Waals surface area contributed by atoms with E-state index in [1.54, 1.807) is 6.20 Å². The Morgan fingerprint density at radius 3 is 2.90 bits per heavy atom. The Balaban J connectivity index is 2.20. The summed E-state index contributed by atoms with van der Waals surface area (Å²) in [5.41, 5.74) is 2.63. The number of aromatic nitrogens is 3. The summed E-state index contributed by atoms with van der Waals surface area (Å²) in [6, 6.07) is 6.33. The molecule has 0 radical (unpaired) electrons. The average Bonchev–Trinajstić information content (AvgIpc) is 2.88. The summed E-state index contributed by atoms with van der Waals surface area (Å²) in [4.78, 5) is 8.99. The van der Waals surface area contributed by atoms with Gasteiger partial charge >= 0.3 is 0 Å². The quantitative estimate of drug-likeness (QED) is 0.839. The maximum absolute atomic E-state index is 9.42. The lowest BCUT2D eigenvalue weighted by atomic mass is 9.88. The zero-order valence-electron chi connectivity index (χ0n) is 11.9. The molecule has 0 spiro atoms. The minimum absolute atomic E-state index is 0.547. The van der Waals surface area contributed by atoms with Crippen LogP contribution in [-0.4, -0.2) is 14.5 Å². The van der Waals surface area contributed by atoms with E-state index in [4.69, 9.17) is 4.98 Å². The predicted octanol–water partition coefficient (Wildman–Crippen LogP) is 3.08. The highest BCUT2D eigenvalue weighted by Gasteiger charge is 2.31. The van der Waals surface area contributed by atoms with E-state index in [1.165, 1.54) is 18.5 Å².